The molecule has 1 saturated heterocycles. The maximum absolute atomic E-state index is 12.7. The van der Waals surface area contributed by atoms with Crippen molar-refractivity contribution in [3.63, 3.8) is 0 Å². The first kappa shape index (κ1) is 15.9. The van der Waals surface area contributed by atoms with Crippen LogP contribution in [0.2, 0.25) is 0 Å². The van der Waals surface area contributed by atoms with Gasteiger partial charge in [0.05, 0.1) is 17.9 Å². The Morgan fingerprint density at radius 3 is 2.79 bits per heavy atom. The van der Waals surface area contributed by atoms with Gasteiger partial charge in [-0.25, -0.2) is 14.8 Å². The number of fused-ring (bicyclic) bond motifs is 1. The maximum Gasteiger partial charge on any atom is 0.410 e. The van der Waals surface area contributed by atoms with Gasteiger partial charge in [-0.15, -0.1) is 0 Å². The lowest BCUT2D eigenvalue weighted by Crippen LogP contribution is -2.37. The molecule has 1 saturated carbocycles. The Hall–Kier alpha value is -1.63. The lowest BCUT2D eigenvalue weighted by atomic mass is 10.0. The molecule has 2 aliphatic rings. The average molecular weight is 393 g/mol. The van der Waals surface area contributed by atoms with E-state index in [1.165, 1.54) is 12.8 Å². The highest BCUT2D eigenvalue weighted by Gasteiger charge is 2.54. The van der Waals surface area contributed by atoms with Gasteiger partial charge in [0.25, 0.3) is 0 Å². The number of hydrogen-bond donors (Lipinski definition) is 0. The van der Waals surface area contributed by atoms with Crippen molar-refractivity contribution in [3.05, 3.63) is 28.9 Å². The number of amides is 1. The molecule has 2 aromatic rings. The van der Waals surface area contributed by atoms with E-state index < -0.39 is 5.60 Å². The van der Waals surface area contributed by atoms with Crippen LogP contribution in [0.3, 0.4) is 0 Å². The summed E-state index contributed by atoms with van der Waals surface area (Å²) in [4.78, 5) is 23.4. The summed E-state index contributed by atoms with van der Waals surface area (Å²) in [5.74, 6) is 0. The monoisotopic (exact) mass is 392 g/mol. The zero-order chi connectivity index (χ0) is 17.1. The third kappa shape index (κ3) is 2.90. The molecule has 1 aliphatic carbocycles. The number of likely N-dealkylation sites (tertiary alicyclic amines) is 1. The first-order valence-electron chi connectivity index (χ1n) is 8.25. The van der Waals surface area contributed by atoms with Crippen LogP contribution in [-0.4, -0.2) is 37.5 Å². The molecule has 1 atom stereocenters. The third-order valence-electron chi connectivity index (χ3n) is 4.76. The number of hydrogen-bond acceptors (Lipinski definition) is 4. The standard InChI is InChI=1S/C17H21BrN4O2/c1-16(2,3)24-15(23)22-10-17(4-5-17)6-12(22)11-8-21-9-13(18)19-7-14(21)20-11/h7-9,12H,4-6,10H2,1-3H3/t12-/m1/s1. The summed E-state index contributed by atoms with van der Waals surface area (Å²) >= 11 is 3.38. The fourth-order valence-electron chi connectivity index (χ4n) is 3.43. The van der Waals surface area contributed by atoms with Crippen molar-refractivity contribution in [3.8, 4) is 0 Å². The highest BCUT2D eigenvalue weighted by molar-refractivity contribution is 9.10. The lowest BCUT2D eigenvalue weighted by Gasteiger charge is -2.27. The number of rotatable bonds is 1. The highest BCUT2D eigenvalue weighted by Crippen LogP contribution is 2.58. The van der Waals surface area contributed by atoms with Crippen LogP contribution in [0.15, 0.2) is 23.2 Å². The summed E-state index contributed by atoms with van der Waals surface area (Å²) < 4.78 is 8.32. The van der Waals surface area contributed by atoms with Crippen LogP contribution in [-0.2, 0) is 4.74 Å². The summed E-state index contributed by atoms with van der Waals surface area (Å²) in [7, 11) is 0. The van der Waals surface area contributed by atoms with Crippen molar-refractivity contribution in [2.75, 3.05) is 6.54 Å². The molecule has 7 heteroatoms. The van der Waals surface area contributed by atoms with Crippen molar-refractivity contribution < 1.29 is 9.53 Å². The molecule has 0 radical (unpaired) electrons. The number of imidazole rings is 1. The Balaban J connectivity index is 1.66. The van der Waals surface area contributed by atoms with Crippen LogP contribution in [0, 0.1) is 5.41 Å². The van der Waals surface area contributed by atoms with Gasteiger partial charge in [-0.1, -0.05) is 0 Å². The Bertz CT molecular complexity index is 807. The fourth-order valence-corrected chi connectivity index (χ4v) is 3.75. The number of aromatic nitrogens is 3. The summed E-state index contributed by atoms with van der Waals surface area (Å²) in [6.45, 7) is 6.47. The second kappa shape index (κ2) is 5.18. The van der Waals surface area contributed by atoms with Gasteiger partial charge in [0.1, 0.15) is 10.2 Å². The van der Waals surface area contributed by atoms with Crippen molar-refractivity contribution in [2.45, 2.75) is 51.7 Å². The van der Waals surface area contributed by atoms with Crippen LogP contribution >= 0.6 is 15.9 Å². The van der Waals surface area contributed by atoms with Gasteiger partial charge in [-0.05, 0) is 61.4 Å². The summed E-state index contributed by atoms with van der Waals surface area (Å²) in [5, 5.41) is 0. The second-order valence-corrected chi connectivity index (χ2v) is 8.78. The van der Waals surface area contributed by atoms with Gasteiger partial charge in [0.15, 0.2) is 5.65 Å². The van der Waals surface area contributed by atoms with E-state index >= 15 is 0 Å². The minimum Gasteiger partial charge on any atom is -0.444 e. The molecule has 0 aromatic carbocycles. The highest BCUT2D eigenvalue weighted by atomic mass is 79.9. The van der Waals surface area contributed by atoms with Crippen molar-refractivity contribution in [1.29, 1.82) is 0 Å². The minimum atomic E-state index is -0.491. The lowest BCUT2D eigenvalue weighted by molar-refractivity contribution is 0.0215. The molecule has 128 valence electrons. The van der Waals surface area contributed by atoms with Crippen LogP contribution in [0.5, 0.6) is 0 Å². The predicted molar refractivity (Wildman–Crippen MR) is 92.7 cm³/mol. The first-order valence-corrected chi connectivity index (χ1v) is 9.04. The molecular weight excluding hydrogens is 372 g/mol. The van der Waals surface area contributed by atoms with Gasteiger partial charge >= 0.3 is 6.09 Å². The number of ether oxygens (including phenoxy) is 1. The Labute approximate surface area is 149 Å². The first-order chi connectivity index (χ1) is 11.2. The number of carbonyl (C=O) groups is 1. The SMILES string of the molecule is CC(C)(C)OC(=O)N1CC2(CC2)C[C@@H]1c1cn2cc(Br)ncc2n1. The van der Waals surface area contributed by atoms with E-state index in [9.17, 15) is 4.79 Å². The largest absolute Gasteiger partial charge is 0.444 e. The second-order valence-electron chi connectivity index (χ2n) is 7.97. The number of nitrogens with zero attached hydrogens (tertiary/aromatic N) is 4. The number of carbonyl (C=O) groups excluding carboxylic acids is 1. The Kier molecular flexibility index (Phi) is 3.43. The molecule has 0 unspecified atom stereocenters. The normalized spacial score (nSPS) is 22.3. The molecule has 1 amide bonds. The Morgan fingerprint density at radius 2 is 2.12 bits per heavy atom. The van der Waals surface area contributed by atoms with Gasteiger partial charge in [0.2, 0.25) is 0 Å². The molecule has 4 rings (SSSR count). The number of halogens is 1. The van der Waals surface area contributed by atoms with E-state index in [-0.39, 0.29) is 17.6 Å². The van der Waals surface area contributed by atoms with E-state index in [0.29, 0.717) is 0 Å². The molecule has 2 aromatic heterocycles. The van der Waals surface area contributed by atoms with Crippen molar-refractivity contribution in [2.24, 2.45) is 5.41 Å². The van der Waals surface area contributed by atoms with E-state index in [1.54, 1.807) is 6.20 Å². The third-order valence-corrected chi connectivity index (χ3v) is 5.17. The quantitative estimate of drug-likeness (QED) is 0.736. The smallest absolute Gasteiger partial charge is 0.410 e. The van der Waals surface area contributed by atoms with E-state index in [4.69, 9.17) is 4.74 Å². The molecule has 0 bridgehead atoms. The molecular formula is C17H21BrN4O2. The zero-order valence-corrected chi connectivity index (χ0v) is 15.7. The fraction of sp³-hybridized carbons (Fsp3) is 0.588. The van der Waals surface area contributed by atoms with Crippen molar-refractivity contribution in [1.82, 2.24) is 19.3 Å². The molecule has 24 heavy (non-hydrogen) atoms. The van der Waals surface area contributed by atoms with Crippen molar-refractivity contribution >= 4 is 27.7 Å². The Morgan fingerprint density at radius 1 is 1.38 bits per heavy atom. The van der Waals surface area contributed by atoms with Crippen LogP contribution < -0.4 is 0 Å². The van der Waals surface area contributed by atoms with Crippen LogP contribution in [0.25, 0.3) is 5.65 Å². The summed E-state index contributed by atoms with van der Waals surface area (Å²) in [5.41, 5.74) is 1.48. The zero-order valence-electron chi connectivity index (χ0n) is 14.1. The van der Waals surface area contributed by atoms with Crippen LogP contribution in [0.1, 0.15) is 51.8 Å². The van der Waals surface area contributed by atoms with Gasteiger partial charge < -0.3 is 9.14 Å². The van der Waals surface area contributed by atoms with E-state index in [1.807, 2.05) is 42.5 Å². The van der Waals surface area contributed by atoms with Gasteiger partial charge in [0, 0.05) is 18.9 Å². The van der Waals surface area contributed by atoms with Gasteiger partial charge in [-0.3, -0.25) is 4.90 Å². The molecule has 0 N–H and O–H groups in total. The maximum atomic E-state index is 12.7. The predicted octanol–water partition coefficient (Wildman–Crippen LogP) is 3.95. The van der Waals surface area contributed by atoms with E-state index in [2.05, 4.69) is 25.9 Å². The van der Waals surface area contributed by atoms with E-state index in [0.717, 1.165) is 28.9 Å². The van der Waals surface area contributed by atoms with Crippen LogP contribution in [0.4, 0.5) is 4.79 Å². The molecule has 2 fully saturated rings. The molecule has 1 spiro atoms. The minimum absolute atomic E-state index is 0.0268. The summed E-state index contributed by atoms with van der Waals surface area (Å²) in [6, 6.07) is -0.0268. The average Bonchev–Trinajstić information content (AvgIpc) is 2.92. The molecule has 1 aliphatic heterocycles. The molecule has 3 heterocycles. The molecule has 6 nitrogen and oxygen atoms in total. The summed E-state index contributed by atoms with van der Waals surface area (Å²) in [6.07, 6.45) is 8.69. The van der Waals surface area contributed by atoms with Gasteiger partial charge in [-0.2, -0.15) is 0 Å². The topological polar surface area (TPSA) is 59.7 Å².